The van der Waals surface area contributed by atoms with Crippen LogP contribution in [0, 0.1) is 0 Å². The molecule has 1 unspecified atom stereocenters. The number of ether oxygens (including phenoxy) is 3. The molecular weight excluding hydrogens is 865 g/mol. The van der Waals surface area contributed by atoms with Gasteiger partial charge in [-0.2, -0.15) is 0 Å². The number of esters is 3. The van der Waals surface area contributed by atoms with Crippen LogP contribution < -0.4 is 0 Å². The molecule has 0 spiro atoms. The van der Waals surface area contributed by atoms with E-state index in [2.05, 4.69) is 130 Å². The Morgan fingerprint density at radius 3 is 1.00 bits per heavy atom. The van der Waals surface area contributed by atoms with E-state index in [1.54, 1.807) is 0 Å². The Morgan fingerprint density at radius 2 is 0.600 bits per heavy atom. The van der Waals surface area contributed by atoms with Gasteiger partial charge in [-0.15, -0.1) is 0 Å². The molecule has 0 fully saturated rings. The van der Waals surface area contributed by atoms with Crippen LogP contribution in [0.2, 0.25) is 0 Å². The molecule has 0 radical (unpaired) electrons. The second-order valence-corrected chi connectivity index (χ2v) is 18.5. The van der Waals surface area contributed by atoms with Gasteiger partial charge < -0.3 is 14.2 Å². The van der Waals surface area contributed by atoms with E-state index >= 15 is 0 Å². The molecule has 0 aliphatic rings. The highest BCUT2D eigenvalue weighted by Gasteiger charge is 2.19. The Kier molecular flexibility index (Phi) is 54.0. The number of carbonyl (C=O) groups excluding carboxylic acids is 3. The van der Waals surface area contributed by atoms with Crippen LogP contribution in [-0.2, 0) is 28.6 Å². The normalized spacial score (nSPS) is 13.0. The summed E-state index contributed by atoms with van der Waals surface area (Å²) in [5.41, 5.74) is 0. The Bertz CT molecular complexity index is 1490. The molecule has 0 saturated heterocycles. The summed E-state index contributed by atoms with van der Waals surface area (Å²) in [5, 5.41) is 0. The number of hydrogen-bond acceptors (Lipinski definition) is 6. The summed E-state index contributed by atoms with van der Waals surface area (Å²) in [6.45, 7) is 6.39. The Morgan fingerprint density at radius 1 is 0.300 bits per heavy atom. The molecule has 0 saturated carbocycles. The first-order chi connectivity index (χ1) is 34.5. The summed E-state index contributed by atoms with van der Waals surface area (Å²) in [5.74, 6) is -1.07. The zero-order valence-corrected chi connectivity index (χ0v) is 45.2. The quantitative estimate of drug-likeness (QED) is 0.0262. The van der Waals surface area contributed by atoms with Gasteiger partial charge in [0, 0.05) is 19.3 Å². The van der Waals surface area contributed by atoms with E-state index < -0.39 is 6.10 Å². The van der Waals surface area contributed by atoms with Crippen LogP contribution in [0.25, 0.3) is 0 Å². The summed E-state index contributed by atoms with van der Waals surface area (Å²) in [7, 11) is 0. The smallest absolute Gasteiger partial charge is 0.306 e. The van der Waals surface area contributed by atoms with Crippen molar-refractivity contribution < 1.29 is 28.6 Å². The average Bonchev–Trinajstić information content (AvgIpc) is 3.36. The zero-order valence-electron chi connectivity index (χ0n) is 45.2. The molecule has 0 aromatic carbocycles. The molecule has 6 heteroatoms. The van der Waals surface area contributed by atoms with Crippen LogP contribution in [0.4, 0.5) is 0 Å². The fraction of sp³-hybridized carbons (Fsp3) is 0.641. The minimum Gasteiger partial charge on any atom is -0.462 e. The molecule has 0 aliphatic carbocycles. The van der Waals surface area contributed by atoms with Gasteiger partial charge in [0.2, 0.25) is 0 Å². The van der Waals surface area contributed by atoms with E-state index in [1.165, 1.54) is 109 Å². The van der Waals surface area contributed by atoms with E-state index in [4.69, 9.17) is 14.2 Å². The topological polar surface area (TPSA) is 78.9 Å². The van der Waals surface area contributed by atoms with Crippen LogP contribution in [0.5, 0.6) is 0 Å². The Hall–Kier alpha value is -4.19. The lowest BCUT2D eigenvalue weighted by Gasteiger charge is -2.18. The van der Waals surface area contributed by atoms with Crippen molar-refractivity contribution in [2.45, 2.75) is 252 Å². The first-order valence-corrected chi connectivity index (χ1v) is 28.5. The van der Waals surface area contributed by atoms with Crippen molar-refractivity contribution >= 4 is 17.9 Å². The molecule has 0 aromatic rings. The average molecular weight is 970 g/mol. The molecule has 0 N–H and O–H groups in total. The second kappa shape index (κ2) is 57.4. The van der Waals surface area contributed by atoms with Gasteiger partial charge in [-0.05, 0) is 96.3 Å². The number of rotatable bonds is 50. The standard InChI is InChI=1S/C64H104O6/c1-4-7-10-13-16-19-22-25-28-31-32-34-36-39-42-45-48-51-54-57-63(66)69-60-61(59-68-62(65)56-53-50-47-44-41-38-35-30-27-24-21-18-15-12-9-6-3)70-64(67)58-55-52-49-46-43-40-37-33-29-26-23-20-17-14-11-8-5-2/h7,10,16-17,19-20,25-26,28-29,32,34,37,39-40,42,46,48-49,51,61H,4-6,8-9,11-15,18,21-24,27,30-31,33,35-36,38,41,43-45,47,50,52-60H2,1-3H3/b10-7-,19-16-,20-17-,28-25-,29-26-,34-32-,40-37-,42-39-,49-46-,51-48-. The highest BCUT2D eigenvalue weighted by molar-refractivity contribution is 5.71. The van der Waals surface area contributed by atoms with Gasteiger partial charge in [0.05, 0.1) is 0 Å². The van der Waals surface area contributed by atoms with Gasteiger partial charge in [0.1, 0.15) is 13.2 Å². The molecule has 396 valence electrons. The van der Waals surface area contributed by atoms with Gasteiger partial charge in [-0.3, -0.25) is 14.4 Å². The van der Waals surface area contributed by atoms with Crippen molar-refractivity contribution in [2.75, 3.05) is 13.2 Å². The van der Waals surface area contributed by atoms with Gasteiger partial charge >= 0.3 is 17.9 Å². The van der Waals surface area contributed by atoms with E-state index in [-0.39, 0.29) is 44.0 Å². The Balaban J connectivity index is 4.59. The number of unbranched alkanes of at least 4 members (excludes halogenated alkanes) is 19. The lowest BCUT2D eigenvalue weighted by molar-refractivity contribution is -0.166. The SMILES string of the molecule is CC/C=C\C/C=C\C/C=C\C/C=C\C/C=C\C/C=C\CCC(=O)OCC(COC(=O)CCCCCCCCCCCCCCCCCC)OC(=O)CCC/C=C\C/C=C\C/C=C\C/C=C\CCCCC. The van der Waals surface area contributed by atoms with E-state index in [0.717, 1.165) is 83.5 Å². The lowest BCUT2D eigenvalue weighted by atomic mass is 10.0. The maximum atomic E-state index is 12.8. The first-order valence-electron chi connectivity index (χ1n) is 28.5. The molecule has 70 heavy (non-hydrogen) atoms. The van der Waals surface area contributed by atoms with Crippen molar-refractivity contribution in [3.8, 4) is 0 Å². The number of carbonyl (C=O) groups is 3. The fourth-order valence-electron chi connectivity index (χ4n) is 7.46. The molecule has 0 bridgehead atoms. The zero-order chi connectivity index (χ0) is 50.7. The lowest BCUT2D eigenvalue weighted by Crippen LogP contribution is -2.30. The molecule has 6 nitrogen and oxygen atoms in total. The largest absolute Gasteiger partial charge is 0.462 e. The van der Waals surface area contributed by atoms with E-state index in [1.807, 2.05) is 12.2 Å². The van der Waals surface area contributed by atoms with Gasteiger partial charge in [-0.1, -0.05) is 251 Å². The summed E-state index contributed by atoms with van der Waals surface area (Å²) >= 11 is 0. The van der Waals surface area contributed by atoms with Crippen LogP contribution >= 0.6 is 0 Å². The third kappa shape index (κ3) is 54.7. The third-order valence-corrected chi connectivity index (χ3v) is 11.7. The number of hydrogen-bond donors (Lipinski definition) is 0. The van der Waals surface area contributed by atoms with E-state index in [9.17, 15) is 14.4 Å². The molecule has 0 heterocycles. The van der Waals surface area contributed by atoms with Crippen LogP contribution in [-0.4, -0.2) is 37.2 Å². The molecule has 0 aromatic heterocycles. The summed E-state index contributed by atoms with van der Waals surface area (Å²) < 4.78 is 16.7. The predicted molar refractivity (Wildman–Crippen MR) is 302 cm³/mol. The first kappa shape index (κ1) is 65.8. The van der Waals surface area contributed by atoms with Crippen molar-refractivity contribution in [3.63, 3.8) is 0 Å². The Labute approximate surface area is 431 Å². The number of allylic oxidation sites excluding steroid dienone is 20. The second-order valence-electron chi connectivity index (χ2n) is 18.5. The van der Waals surface area contributed by atoms with Crippen molar-refractivity contribution in [2.24, 2.45) is 0 Å². The monoisotopic (exact) mass is 969 g/mol. The van der Waals surface area contributed by atoms with Crippen molar-refractivity contribution in [1.82, 2.24) is 0 Å². The molecule has 0 aliphatic heterocycles. The van der Waals surface area contributed by atoms with Crippen LogP contribution in [0.3, 0.4) is 0 Å². The van der Waals surface area contributed by atoms with Crippen molar-refractivity contribution in [3.05, 3.63) is 122 Å². The van der Waals surface area contributed by atoms with Crippen molar-refractivity contribution in [1.29, 1.82) is 0 Å². The molecular formula is C64H104O6. The fourth-order valence-corrected chi connectivity index (χ4v) is 7.46. The minimum atomic E-state index is -0.839. The summed E-state index contributed by atoms with van der Waals surface area (Å²) in [4.78, 5) is 38.1. The maximum Gasteiger partial charge on any atom is 0.306 e. The summed E-state index contributed by atoms with van der Waals surface area (Å²) in [6.07, 6.45) is 79.2. The molecule has 1 atom stereocenters. The molecule has 0 amide bonds. The predicted octanol–water partition coefficient (Wildman–Crippen LogP) is 19.3. The minimum absolute atomic E-state index is 0.124. The van der Waals surface area contributed by atoms with Crippen LogP contribution in [0.1, 0.15) is 245 Å². The van der Waals surface area contributed by atoms with Gasteiger partial charge in [0.25, 0.3) is 0 Å². The molecule has 0 rings (SSSR count). The summed E-state index contributed by atoms with van der Waals surface area (Å²) in [6, 6.07) is 0. The highest BCUT2D eigenvalue weighted by atomic mass is 16.6. The van der Waals surface area contributed by atoms with E-state index in [0.29, 0.717) is 19.3 Å². The highest BCUT2D eigenvalue weighted by Crippen LogP contribution is 2.15. The van der Waals surface area contributed by atoms with Gasteiger partial charge in [0.15, 0.2) is 6.10 Å². The third-order valence-electron chi connectivity index (χ3n) is 11.7. The van der Waals surface area contributed by atoms with Crippen LogP contribution in [0.15, 0.2) is 122 Å². The van der Waals surface area contributed by atoms with Gasteiger partial charge in [-0.25, -0.2) is 0 Å². The maximum absolute atomic E-state index is 12.8.